The molecule has 112 valence electrons. The van der Waals surface area contributed by atoms with Crippen molar-refractivity contribution in [1.29, 1.82) is 0 Å². The molecule has 0 saturated heterocycles. The average molecular weight is 286 g/mol. The van der Waals surface area contributed by atoms with Crippen LogP contribution in [0.15, 0.2) is 36.5 Å². The summed E-state index contributed by atoms with van der Waals surface area (Å²) in [6.07, 6.45) is 4.00. The van der Waals surface area contributed by atoms with Crippen LogP contribution in [0.1, 0.15) is 37.1 Å². The second kappa shape index (κ2) is 5.50. The number of methoxy groups -OCH3 is 1. The van der Waals surface area contributed by atoms with Gasteiger partial charge in [-0.25, -0.2) is 0 Å². The summed E-state index contributed by atoms with van der Waals surface area (Å²) in [7, 11) is 1.68. The van der Waals surface area contributed by atoms with Gasteiger partial charge in [-0.05, 0) is 25.3 Å². The molecule has 0 aliphatic heterocycles. The van der Waals surface area contributed by atoms with Crippen LogP contribution in [0, 0.1) is 0 Å². The molecule has 0 spiro atoms. The molecule has 1 aromatic carbocycles. The largest absolute Gasteiger partial charge is 0.493 e. The summed E-state index contributed by atoms with van der Waals surface area (Å²) < 4.78 is 7.46. The molecule has 0 amide bonds. The van der Waals surface area contributed by atoms with Crippen molar-refractivity contribution < 1.29 is 4.74 Å². The molecular weight excluding hydrogens is 264 g/mol. The maximum atomic E-state index is 5.93. The first-order chi connectivity index (χ1) is 10.3. The van der Waals surface area contributed by atoms with Crippen molar-refractivity contribution in [3.05, 3.63) is 47.8 Å². The first-order valence-electron chi connectivity index (χ1n) is 7.38. The van der Waals surface area contributed by atoms with E-state index in [9.17, 15) is 0 Å². The molecule has 0 bridgehead atoms. The van der Waals surface area contributed by atoms with Crippen LogP contribution in [-0.4, -0.2) is 16.9 Å². The van der Waals surface area contributed by atoms with Gasteiger partial charge in [0.1, 0.15) is 0 Å². The number of rotatable bonds is 6. The number of ether oxygens (including phenoxy) is 1. The lowest BCUT2D eigenvalue weighted by Gasteiger charge is -2.28. The number of nitrogens with one attached hydrogen (secondary N) is 1. The van der Waals surface area contributed by atoms with E-state index >= 15 is 0 Å². The van der Waals surface area contributed by atoms with Gasteiger partial charge in [0.15, 0.2) is 5.75 Å². The van der Waals surface area contributed by atoms with E-state index in [1.807, 2.05) is 10.7 Å². The van der Waals surface area contributed by atoms with Crippen molar-refractivity contribution in [2.45, 2.75) is 37.8 Å². The van der Waals surface area contributed by atoms with E-state index in [0.29, 0.717) is 0 Å². The first kappa shape index (κ1) is 14.1. The number of nitrogens with two attached hydrogens (primary N) is 1. The summed E-state index contributed by atoms with van der Waals surface area (Å²) in [6.45, 7) is 2.87. The molecule has 2 aromatic rings. The fraction of sp³-hybridized carbons (Fsp3) is 0.438. The highest BCUT2D eigenvalue weighted by Gasteiger charge is 2.52. The Morgan fingerprint density at radius 1 is 1.38 bits per heavy atom. The van der Waals surface area contributed by atoms with Crippen LogP contribution >= 0.6 is 0 Å². The van der Waals surface area contributed by atoms with Gasteiger partial charge in [0, 0.05) is 12.0 Å². The van der Waals surface area contributed by atoms with E-state index in [2.05, 4.69) is 41.7 Å². The third-order valence-corrected chi connectivity index (χ3v) is 4.49. The Bertz CT molecular complexity index is 582. The number of aromatic nitrogens is 2. The quantitative estimate of drug-likeness (QED) is 0.631. The topological polar surface area (TPSA) is 65.1 Å². The highest BCUT2D eigenvalue weighted by atomic mass is 16.5. The van der Waals surface area contributed by atoms with E-state index in [4.69, 9.17) is 10.6 Å². The maximum Gasteiger partial charge on any atom is 0.161 e. The second-order valence-corrected chi connectivity index (χ2v) is 5.54. The summed E-state index contributed by atoms with van der Waals surface area (Å²) in [6, 6.07) is 10.6. The molecule has 3 N–H and O–H groups in total. The average Bonchev–Trinajstić information content (AvgIpc) is 3.23. The molecule has 1 heterocycles. The Morgan fingerprint density at radius 2 is 2.10 bits per heavy atom. The summed E-state index contributed by atoms with van der Waals surface area (Å²) >= 11 is 0. The lowest BCUT2D eigenvalue weighted by molar-refractivity contribution is 0.364. The van der Waals surface area contributed by atoms with Gasteiger partial charge in [-0.15, -0.1) is 0 Å². The fourth-order valence-corrected chi connectivity index (χ4v) is 3.23. The molecule has 3 rings (SSSR count). The number of hydrogen-bond acceptors (Lipinski definition) is 4. The summed E-state index contributed by atoms with van der Waals surface area (Å²) in [5.74, 6) is 6.72. The maximum absolute atomic E-state index is 5.93. The van der Waals surface area contributed by atoms with Crippen molar-refractivity contribution in [2.24, 2.45) is 5.84 Å². The minimum absolute atomic E-state index is 0.00250. The zero-order chi connectivity index (χ0) is 14.9. The van der Waals surface area contributed by atoms with Gasteiger partial charge in [0.05, 0.1) is 25.0 Å². The predicted octanol–water partition coefficient (Wildman–Crippen LogP) is 2.15. The van der Waals surface area contributed by atoms with E-state index in [1.54, 1.807) is 13.3 Å². The number of aryl methyl sites for hydroxylation is 1. The smallest absolute Gasteiger partial charge is 0.161 e. The van der Waals surface area contributed by atoms with E-state index in [0.717, 1.165) is 30.8 Å². The molecular formula is C16H22N4O. The summed E-state index contributed by atoms with van der Waals surface area (Å²) in [4.78, 5) is 0. The van der Waals surface area contributed by atoms with E-state index < -0.39 is 0 Å². The molecule has 1 fully saturated rings. The van der Waals surface area contributed by atoms with Gasteiger partial charge in [0.25, 0.3) is 0 Å². The molecule has 1 aliphatic carbocycles. The van der Waals surface area contributed by atoms with E-state index in [1.165, 1.54) is 5.56 Å². The Hall–Kier alpha value is -1.85. The number of benzene rings is 1. The molecule has 5 nitrogen and oxygen atoms in total. The van der Waals surface area contributed by atoms with Crippen molar-refractivity contribution in [2.75, 3.05) is 7.11 Å². The number of hydrogen-bond donors (Lipinski definition) is 2. The predicted molar refractivity (Wildman–Crippen MR) is 81.9 cm³/mol. The normalized spacial score (nSPS) is 17.5. The van der Waals surface area contributed by atoms with Crippen molar-refractivity contribution in [3.63, 3.8) is 0 Å². The van der Waals surface area contributed by atoms with E-state index in [-0.39, 0.29) is 11.5 Å². The van der Waals surface area contributed by atoms with Crippen LogP contribution < -0.4 is 16.0 Å². The SMILES string of the molecule is CCn1ncc(OC)c1C(NN)C1(c2ccccc2)CC1. The summed E-state index contributed by atoms with van der Waals surface area (Å²) in [5, 5.41) is 4.41. The van der Waals surface area contributed by atoms with Gasteiger partial charge in [-0.3, -0.25) is 16.0 Å². The molecule has 1 atom stereocenters. The fourth-order valence-electron chi connectivity index (χ4n) is 3.23. The molecule has 5 heteroatoms. The van der Waals surface area contributed by atoms with Crippen LogP contribution in [0.3, 0.4) is 0 Å². The van der Waals surface area contributed by atoms with Crippen molar-refractivity contribution in [3.8, 4) is 5.75 Å². The van der Waals surface area contributed by atoms with Crippen molar-refractivity contribution in [1.82, 2.24) is 15.2 Å². The molecule has 1 aliphatic rings. The standard InChI is InChI=1S/C16H22N4O/c1-3-20-14(13(21-2)11-18-20)15(19-17)16(9-10-16)12-7-5-4-6-8-12/h4-8,11,15,19H,3,9-10,17H2,1-2H3. The molecule has 1 unspecified atom stereocenters. The van der Waals surface area contributed by atoms with Crippen LogP contribution in [0.4, 0.5) is 0 Å². The van der Waals surface area contributed by atoms with Crippen LogP contribution in [-0.2, 0) is 12.0 Å². The zero-order valence-corrected chi connectivity index (χ0v) is 12.5. The summed E-state index contributed by atoms with van der Waals surface area (Å²) in [5.41, 5.74) is 5.40. The van der Waals surface area contributed by atoms with Gasteiger partial charge < -0.3 is 4.74 Å². The van der Waals surface area contributed by atoms with Gasteiger partial charge in [-0.2, -0.15) is 5.10 Å². The lowest BCUT2D eigenvalue weighted by atomic mass is 9.86. The van der Waals surface area contributed by atoms with Gasteiger partial charge in [-0.1, -0.05) is 30.3 Å². The Balaban J connectivity index is 2.05. The van der Waals surface area contributed by atoms with Crippen LogP contribution in [0.5, 0.6) is 5.75 Å². The highest BCUT2D eigenvalue weighted by Crippen LogP contribution is 2.57. The van der Waals surface area contributed by atoms with Crippen LogP contribution in [0.2, 0.25) is 0 Å². The minimum Gasteiger partial charge on any atom is -0.493 e. The Labute approximate surface area is 125 Å². The molecule has 21 heavy (non-hydrogen) atoms. The lowest BCUT2D eigenvalue weighted by Crippen LogP contribution is -2.38. The monoisotopic (exact) mass is 286 g/mol. The number of nitrogens with zero attached hydrogens (tertiary/aromatic N) is 2. The highest BCUT2D eigenvalue weighted by molar-refractivity contribution is 5.40. The zero-order valence-electron chi connectivity index (χ0n) is 12.5. The van der Waals surface area contributed by atoms with Crippen LogP contribution in [0.25, 0.3) is 0 Å². The number of hydrazine groups is 1. The molecule has 1 aromatic heterocycles. The Kier molecular flexibility index (Phi) is 3.69. The first-order valence-corrected chi connectivity index (χ1v) is 7.38. The third-order valence-electron chi connectivity index (χ3n) is 4.49. The van der Waals surface area contributed by atoms with Gasteiger partial charge in [0.2, 0.25) is 0 Å². The molecule has 0 radical (unpaired) electrons. The van der Waals surface area contributed by atoms with Crippen molar-refractivity contribution >= 4 is 0 Å². The second-order valence-electron chi connectivity index (χ2n) is 5.54. The van der Waals surface area contributed by atoms with Gasteiger partial charge >= 0.3 is 0 Å². The minimum atomic E-state index is -0.00250. The third kappa shape index (κ3) is 2.22. The Morgan fingerprint density at radius 3 is 2.62 bits per heavy atom. The molecule has 1 saturated carbocycles.